The number of carbonyl (C=O) groups is 1. The number of Topliss-reactive ketones (excluding diaryl/α,β-unsaturated/α-hetero) is 1. The largest absolute Gasteiger partial charge is 0.536 e. The van der Waals surface area contributed by atoms with E-state index in [1.807, 2.05) is 55.5 Å². The maximum absolute atomic E-state index is 13.1. The molecule has 0 spiro atoms. The highest BCUT2D eigenvalue weighted by Gasteiger charge is 2.37. The highest BCUT2D eigenvalue weighted by molar-refractivity contribution is 7.13. The van der Waals surface area contributed by atoms with Crippen LogP contribution >= 0.6 is 11.3 Å². The van der Waals surface area contributed by atoms with Gasteiger partial charge in [0, 0.05) is 17.6 Å². The smallest absolute Gasteiger partial charge is 0.526 e. The minimum atomic E-state index is -1.09. The van der Waals surface area contributed by atoms with Gasteiger partial charge in [-0.15, -0.1) is 11.3 Å². The number of aryl methyl sites for hydroxylation is 1. The second-order valence-corrected chi connectivity index (χ2v) is 8.56. The number of nitrogens with zero attached hydrogens (tertiary/aromatic N) is 2. The first-order valence-corrected chi connectivity index (χ1v) is 11.4. The predicted molar refractivity (Wildman–Crippen MR) is 128 cm³/mol. The number of nitrogen functional groups attached to an aromatic ring is 1. The zero-order valence-corrected chi connectivity index (χ0v) is 19.0. The molecule has 8 nitrogen and oxygen atoms in total. The van der Waals surface area contributed by atoms with Crippen molar-refractivity contribution in [3.05, 3.63) is 70.7 Å². The van der Waals surface area contributed by atoms with E-state index >= 15 is 0 Å². The van der Waals surface area contributed by atoms with E-state index in [0.717, 1.165) is 16.9 Å². The summed E-state index contributed by atoms with van der Waals surface area (Å²) in [6, 6.07) is 15.1. The number of para-hydroxylation sites is 2. The highest BCUT2D eigenvalue weighted by atomic mass is 32.1. The number of anilines is 1. The zero-order valence-electron chi connectivity index (χ0n) is 18.1. The van der Waals surface area contributed by atoms with Gasteiger partial charge in [0.2, 0.25) is 0 Å². The maximum atomic E-state index is 13.1. The fourth-order valence-electron chi connectivity index (χ4n) is 3.61. The minimum absolute atomic E-state index is 0.0225. The second-order valence-electron chi connectivity index (χ2n) is 7.67. The molecule has 10 heteroatoms. The molecule has 0 radical (unpaired) electrons. The summed E-state index contributed by atoms with van der Waals surface area (Å²) in [5.74, 6) is 0.662. The van der Waals surface area contributed by atoms with Crippen LogP contribution in [0.5, 0.6) is 11.5 Å². The van der Waals surface area contributed by atoms with E-state index in [-0.39, 0.29) is 31.1 Å². The quantitative estimate of drug-likeness (QED) is 0.216. The fraction of sp³-hybridized carbons (Fsp3) is 0.261. The monoisotopic (exact) mass is 465 g/mol. The predicted octanol–water partition coefficient (Wildman–Crippen LogP) is 3.28. The molecule has 33 heavy (non-hydrogen) atoms. The van der Waals surface area contributed by atoms with Gasteiger partial charge in [-0.2, -0.15) is 0 Å². The molecule has 170 valence electrons. The van der Waals surface area contributed by atoms with Crippen LogP contribution in [-0.2, 0) is 16.1 Å². The molecular weight excluding hydrogens is 441 g/mol. The van der Waals surface area contributed by atoms with Gasteiger partial charge in [0.1, 0.15) is 23.8 Å². The van der Waals surface area contributed by atoms with Crippen molar-refractivity contribution in [2.75, 3.05) is 18.9 Å². The molecule has 1 aliphatic rings. The van der Waals surface area contributed by atoms with Gasteiger partial charge in [0.05, 0.1) is 0 Å². The molecular formula is C23H24BN3O5S. The average molecular weight is 465 g/mol. The van der Waals surface area contributed by atoms with E-state index in [4.69, 9.17) is 20.0 Å². The van der Waals surface area contributed by atoms with Gasteiger partial charge >= 0.3 is 7.12 Å². The number of carbonyl (C=O) groups excluding carboxylic acids is 1. The number of benzene rings is 2. The molecule has 2 aromatic carbocycles. The molecule has 4 rings (SSSR count). The van der Waals surface area contributed by atoms with Crippen LogP contribution < -0.4 is 15.1 Å². The number of rotatable bonds is 9. The molecule has 1 atom stereocenters. The summed E-state index contributed by atoms with van der Waals surface area (Å²) in [6.45, 7) is 2.33. The average Bonchev–Trinajstić information content (AvgIpc) is 3.24. The van der Waals surface area contributed by atoms with Crippen molar-refractivity contribution in [1.82, 2.24) is 4.98 Å². The highest BCUT2D eigenvalue weighted by Crippen LogP contribution is 2.36. The van der Waals surface area contributed by atoms with Crippen molar-refractivity contribution in [3.63, 3.8) is 0 Å². The Labute approximate surface area is 196 Å². The summed E-state index contributed by atoms with van der Waals surface area (Å²) in [6.07, 6.45) is 0.539. The number of hydrogen-bond acceptors (Lipinski definition) is 9. The van der Waals surface area contributed by atoms with Crippen molar-refractivity contribution in [2.45, 2.75) is 25.6 Å². The van der Waals surface area contributed by atoms with E-state index in [9.17, 15) is 9.82 Å². The van der Waals surface area contributed by atoms with Crippen LogP contribution in [0.2, 0.25) is 5.82 Å². The third-order valence-electron chi connectivity index (χ3n) is 5.24. The number of thiazole rings is 1. The van der Waals surface area contributed by atoms with Gasteiger partial charge < -0.3 is 25.0 Å². The molecule has 3 aromatic rings. The maximum Gasteiger partial charge on any atom is 0.526 e. The first-order valence-electron chi connectivity index (χ1n) is 10.6. The lowest BCUT2D eigenvalue weighted by Crippen LogP contribution is -2.36. The Hall–Kier alpha value is -3.37. The lowest BCUT2D eigenvalue weighted by atomic mass is 9.64. The first-order chi connectivity index (χ1) is 16.0. The summed E-state index contributed by atoms with van der Waals surface area (Å²) in [5, 5.41) is 16.5. The molecule has 1 aromatic heterocycles. The van der Waals surface area contributed by atoms with Gasteiger partial charge in [-0.25, -0.2) is 4.98 Å². The molecule has 0 saturated carbocycles. The Morgan fingerprint density at radius 1 is 1.27 bits per heavy atom. The number of fused-ring (bicyclic) bond motifs is 1. The number of oxime groups is 1. The summed E-state index contributed by atoms with van der Waals surface area (Å²) >= 11 is 1.21. The van der Waals surface area contributed by atoms with Crippen LogP contribution in [0.3, 0.4) is 0 Å². The number of ether oxygens (including phenoxy) is 1. The Morgan fingerprint density at radius 2 is 2.09 bits per heavy atom. The van der Waals surface area contributed by atoms with E-state index in [0.29, 0.717) is 23.0 Å². The van der Waals surface area contributed by atoms with Crippen LogP contribution in [-0.4, -0.2) is 41.8 Å². The summed E-state index contributed by atoms with van der Waals surface area (Å²) in [7, 11) is -1.09. The molecule has 0 amide bonds. The molecule has 0 unspecified atom stereocenters. The van der Waals surface area contributed by atoms with Crippen LogP contribution in [0.25, 0.3) is 0 Å². The van der Waals surface area contributed by atoms with Gasteiger partial charge in [-0.05, 0) is 36.6 Å². The zero-order chi connectivity index (χ0) is 23.2. The van der Waals surface area contributed by atoms with Crippen molar-refractivity contribution in [3.8, 4) is 11.5 Å². The molecule has 0 bridgehead atoms. The van der Waals surface area contributed by atoms with Gasteiger partial charge in [0.25, 0.3) is 0 Å². The van der Waals surface area contributed by atoms with Crippen molar-refractivity contribution < 1.29 is 24.0 Å². The third kappa shape index (κ3) is 5.71. The van der Waals surface area contributed by atoms with Crippen LogP contribution in [0.1, 0.15) is 23.2 Å². The Kier molecular flexibility index (Phi) is 7.26. The lowest BCUT2D eigenvalue weighted by molar-refractivity contribution is -0.113. The molecule has 0 aliphatic carbocycles. The number of hydrogen-bond donors (Lipinski definition) is 2. The van der Waals surface area contributed by atoms with E-state index in [2.05, 4.69) is 10.1 Å². The second kappa shape index (κ2) is 10.5. The Bertz CT molecular complexity index is 1140. The SMILES string of the molecule is Cc1cccc2c1OB(O)[C@@H](CC(=O)/C(=N\OCCOc1ccccc1)c1csc(N)n1)C2. The van der Waals surface area contributed by atoms with Crippen molar-refractivity contribution in [2.24, 2.45) is 5.16 Å². The van der Waals surface area contributed by atoms with Gasteiger partial charge in [0.15, 0.2) is 23.2 Å². The lowest BCUT2D eigenvalue weighted by Gasteiger charge is -2.28. The molecule has 0 saturated heterocycles. The minimum Gasteiger partial charge on any atom is -0.536 e. The molecule has 1 aliphatic heterocycles. The van der Waals surface area contributed by atoms with E-state index in [1.165, 1.54) is 11.3 Å². The Balaban J connectivity index is 1.42. The summed E-state index contributed by atoms with van der Waals surface area (Å²) in [5.41, 5.74) is 8.06. The fourth-order valence-corrected chi connectivity index (χ4v) is 4.16. The van der Waals surface area contributed by atoms with Crippen LogP contribution in [0.15, 0.2) is 59.1 Å². The van der Waals surface area contributed by atoms with E-state index in [1.54, 1.807) is 5.38 Å². The van der Waals surface area contributed by atoms with Crippen LogP contribution in [0, 0.1) is 6.92 Å². The third-order valence-corrected chi connectivity index (χ3v) is 5.91. The molecule has 2 heterocycles. The number of aromatic nitrogens is 1. The molecule has 3 N–H and O–H groups in total. The van der Waals surface area contributed by atoms with Crippen LogP contribution in [0.4, 0.5) is 5.13 Å². The van der Waals surface area contributed by atoms with Crippen molar-refractivity contribution >= 4 is 35.1 Å². The topological polar surface area (TPSA) is 116 Å². The Morgan fingerprint density at radius 3 is 2.85 bits per heavy atom. The normalized spacial score (nSPS) is 15.5. The van der Waals surface area contributed by atoms with Gasteiger partial charge in [-0.3, -0.25) is 4.79 Å². The first kappa shape index (κ1) is 22.8. The number of ketones is 1. The molecule has 0 fully saturated rings. The standard InChI is InChI=1S/C23H24BN3O5S/c1-15-6-5-7-16-12-17(24(29)32-22(15)16)13-20(28)21(19-14-33-23(25)26-19)27-31-11-10-30-18-8-3-2-4-9-18/h2-9,14,17,29H,10-13H2,1H3,(H2,25,26)/b27-21-/t17-/m1/s1. The van der Waals surface area contributed by atoms with Gasteiger partial charge in [-0.1, -0.05) is 41.6 Å². The number of nitrogens with two attached hydrogens (primary N) is 1. The van der Waals surface area contributed by atoms with E-state index < -0.39 is 12.9 Å². The summed E-state index contributed by atoms with van der Waals surface area (Å²) in [4.78, 5) is 22.7. The summed E-state index contributed by atoms with van der Waals surface area (Å²) < 4.78 is 11.3. The van der Waals surface area contributed by atoms with Crippen molar-refractivity contribution in [1.29, 1.82) is 0 Å².